The molecule has 2 aromatic rings. The SMILES string of the molecule is Cc1ccc(Cl)cc1S(=O)(=O)Nc1ccccc1. The van der Waals surface area contributed by atoms with E-state index in [-0.39, 0.29) is 4.90 Å². The fraction of sp³-hybridized carbons (Fsp3) is 0.0769. The molecule has 5 heteroatoms. The molecule has 94 valence electrons. The van der Waals surface area contributed by atoms with Crippen molar-refractivity contribution >= 4 is 27.3 Å². The van der Waals surface area contributed by atoms with Crippen LogP contribution < -0.4 is 4.72 Å². The summed E-state index contributed by atoms with van der Waals surface area (Å²) in [5.74, 6) is 0. The van der Waals surface area contributed by atoms with Crippen molar-refractivity contribution in [2.75, 3.05) is 4.72 Å². The van der Waals surface area contributed by atoms with Gasteiger partial charge in [0.25, 0.3) is 10.0 Å². The molecule has 0 heterocycles. The van der Waals surface area contributed by atoms with Gasteiger partial charge in [0.05, 0.1) is 4.90 Å². The van der Waals surface area contributed by atoms with Crippen molar-refractivity contribution in [2.45, 2.75) is 11.8 Å². The first-order chi connectivity index (χ1) is 8.49. The second-order valence-corrected chi connectivity index (χ2v) is 5.97. The van der Waals surface area contributed by atoms with Crippen LogP contribution in [-0.4, -0.2) is 8.42 Å². The Labute approximate surface area is 111 Å². The summed E-state index contributed by atoms with van der Waals surface area (Å²) in [7, 11) is -3.60. The van der Waals surface area contributed by atoms with E-state index in [0.29, 0.717) is 16.3 Å². The molecule has 0 spiro atoms. The van der Waals surface area contributed by atoms with Crippen molar-refractivity contribution in [2.24, 2.45) is 0 Å². The van der Waals surface area contributed by atoms with Crippen molar-refractivity contribution < 1.29 is 8.42 Å². The highest BCUT2D eigenvalue weighted by atomic mass is 35.5. The Bertz CT molecular complexity index is 654. The summed E-state index contributed by atoms with van der Waals surface area (Å²) in [5, 5.41) is 0.397. The van der Waals surface area contributed by atoms with E-state index in [1.54, 1.807) is 43.3 Å². The zero-order valence-corrected chi connectivity index (χ0v) is 11.3. The lowest BCUT2D eigenvalue weighted by Gasteiger charge is -2.10. The summed E-state index contributed by atoms with van der Waals surface area (Å²) in [6, 6.07) is 13.5. The van der Waals surface area contributed by atoms with Gasteiger partial charge in [-0.25, -0.2) is 8.42 Å². The minimum atomic E-state index is -3.60. The quantitative estimate of drug-likeness (QED) is 0.937. The van der Waals surface area contributed by atoms with Crippen LogP contribution >= 0.6 is 11.6 Å². The molecule has 3 nitrogen and oxygen atoms in total. The number of hydrogen-bond donors (Lipinski definition) is 1. The van der Waals surface area contributed by atoms with E-state index in [9.17, 15) is 8.42 Å². The Balaban J connectivity index is 2.40. The van der Waals surface area contributed by atoms with E-state index >= 15 is 0 Å². The van der Waals surface area contributed by atoms with Gasteiger partial charge in [-0.05, 0) is 36.8 Å². The predicted molar refractivity (Wildman–Crippen MR) is 73.4 cm³/mol. The first kappa shape index (κ1) is 12.9. The van der Waals surface area contributed by atoms with Crippen LogP contribution in [0.1, 0.15) is 5.56 Å². The molecular formula is C13H12ClNO2S. The summed E-state index contributed by atoms with van der Waals surface area (Å²) in [6.07, 6.45) is 0. The lowest BCUT2D eigenvalue weighted by molar-refractivity contribution is 0.600. The Morgan fingerprint density at radius 1 is 1.06 bits per heavy atom. The van der Waals surface area contributed by atoms with E-state index in [1.165, 1.54) is 6.07 Å². The summed E-state index contributed by atoms with van der Waals surface area (Å²) >= 11 is 5.83. The van der Waals surface area contributed by atoms with Gasteiger partial charge in [0.1, 0.15) is 0 Å². The third-order valence-electron chi connectivity index (χ3n) is 2.47. The molecule has 0 radical (unpaired) electrons. The first-order valence-corrected chi connectivity index (χ1v) is 7.19. The largest absolute Gasteiger partial charge is 0.280 e. The number of benzene rings is 2. The van der Waals surface area contributed by atoms with E-state index < -0.39 is 10.0 Å². The van der Waals surface area contributed by atoms with Gasteiger partial charge >= 0.3 is 0 Å². The second-order valence-electron chi connectivity index (χ2n) is 3.88. The van der Waals surface area contributed by atoms with E-state index in [1.807, 2.05) is 6.07 Å². The van der Waals surface area contributed by atoms with Crippen molar-refractivity contribution in [1.29, 1.82) is 0 Å². The lowest BCUT2D eigenvalue weighted by atomic mass is 10.2. The standard InChI is InChI=1S/C13H12ClNO2S/c1-10-7-8-11(14)9-13(10)18(16,17)15-12-5-3-2-4-6-12/h2-9,15H,1H3. The molecule has 18 heavy (non-hydrogen) atoms. The predicted octanol–water partition coefficient (Wildman–Crippen LogP) is 3.45. The molecule has 0 aliphatic heterocycles. The molecule has 0 saturated carbocycles. The Morgan fingerprint density at radius 2 is 1.72 bits per heavy atom. The Kier molecular flexibility index (Phi) is 3.59. The molecular weight excluding hydrogens is 270 g/mol. The molecule has 0 saturated heterocycles. The summed E-state index contributed by atoms with van der Waals surface area (Å²) < 4.78 is 26.9. The van der Waals surface area contributed by atoms with E-state index in [2.05, 4.69) is 4.72 Å². The third-order valence-corrected chi connectivity index (χ3v) is 4.22. The number of sulfonamides is 1. The molecule has 0 amide bonds. The van der Waals surface area contributed by atoms with Crippen LogP contribution in [0.3, 0.4) is 0 Å². The summed E-state index contributed by atoms with van der Waals surface area (Å²) in [6.45, 7) is 1.73. The number of halogens is 1. The normalized spacial score (nSPS) is 11.2. The van der Waals surface area contributed by atoms with Gasteiger partial charge in [0.2, 0.25) is 0 Å². The Hall–Kier alpha value is -1.52. The minimum Gasteiger partial charge on any atom is -0.280 e. The molecule has 0 fully saturated rings. The van der Waals surface area contributed by atoms with Gasteiger partial charge in [-0.2, -0.15) is 0 Å². The van der Waals surface area contributed by atoms with Crippen molar-refractivity contribution in [3.05, 3.63) is 59.1 Å². The van der Waals surface area contributed by atoms with Crippen LogP contribution in [0.25, 0.3) is 0 Å². The highest BCUT2D eigenvalue weighted by molar-refractivity contribution is 7.92. The number of para-hydroxylation sites is 1. The van der Waals surface area contributed by atoms with Crippen molar-refractivity contribution in [1.82, 2.24) is 0 Å². The first-order valence-electron chi connectivity index (χ1n) is 5.33. The van der Waals surface area contributed by atoms with Gasteiger partial charge in [-0.1, -0.05) is 35.9 Å². The summed E-state index contributed by atoms with van der Waals surface area (Å²) in [5.41, 5.74) is 1.18. The monoisotopic (exact) mass is 281 g/mol. The zero-order chi connectivity index (χ0) is 13.2. The molecule has 2 rings (SSSR count). The molecule has 2 aromatic carbocycles. The maximum Gasteiger partial charge on any atom is 0.262 e. The zero-order valence-electron chi connectivity index (χ0n) is 9.72. The van der Waals surface area contributed by atoms with Gasteiger partial charge in [-0.15, -0.1) is 0 Å². The molecule has 1 N–H and O–H groups in total. The Morgan fingerprint density at radius 3 is 2.39 bits per heavy atom. The molecule has 0 aliphatic rings. The average molecular weight is 282 g/mol. The fourth-order valence-corrected chi connectivity index (χ4v) is 3.15. The van der Waals surface area contributed by atoms with Crippen LogP contribution in [0.2, 0.25) is 5.02 Å². The molecule has 0 bridgehead atoms. The van der Waals surface area contributed by atoms with Gasteiger partial charge in [-0.3, -0.25) is 4.72 Å². The number of rotatable bonds is 3. The minimum absolute atomic E-state index is 0.193. The molecule has 0 aliphatic carbocycles. The topological polar surface area (TPSA) is 46.2 Å². The van der Waals surface area contributed by atoms with Crippen molar-refractivity contribution in [3.63, 3.8) is 0 Å². The van der Waals surface area contributed by atoms with Crippen LogP contribution in [-0.2, 0) is 10.0 Å². The van der Waals surface area contributed by atoms with Gasteiger partial charge < -0.3 is 0 Å². The maximum atomic E-state index is 12.2. The average Bonchev–Trinajstić information content (AvgIpc) is 2.33. The van der Waals surface area contributed by atoms with Gasteiger partial charge in [0, 0.05) is 10.7 Å². The fourth-order valence-electron chi connectivity index (χ4n) is 1.58. The van der Waals surface area contributed by atoms with Crippen LogP contribution in [0.5, 0.6) is 0 Å². The molecule has 0 aromatic heterocycles. The van der Waals surface area contributed by atoms with Gasteiger partial charge in [0.15, 0.2) is 0 Å². The number of anilines is 1. The van der Waals surface area contributed by atoms with Crippen molar-refractivity contribution in [3.8, 4) is 0 Å². The smallest absolute Gasteiger partial charge is 0.262 e. The number of aryl methyl sites for hydroxylation is 1. The molecule has 0 atom stereocenters. The number of hydrogen-bond acceptors (Lipinski definition) is 2. The van der Waals surface area contributed by atoms with E-state index in [4.69, 9.17) is 11.6 Å². The third kappa shape index (κ3) is 2.83. The number of nitrogens with one attached hydrogen (secondary N) is 1. The second kappa shape index (κ2) is 5.00. The summed E-state index contributed by atoms with van der Waals surface area (Å²) in [4.78, 5) is 0.193. The van der Waals surface area contributed by atoms with Crippen LogP contribution in [0.4, 0.5) is 5.69 Å². The molecule has 0 unspecified atom stereocenters. The van der Waals surface area contributed by atoms with E-state index in [0.717, 1.165) is 0 Å². The highest BCUT2D eigenvalue weighted by Gasteiger charge is 2.17. The lowest BCUT2D eigenvalue weighted by Crippen LogP contribution is -2.14. The van der Waals surface area contributed by atoms with Crippen LogP contribution in [0, 0.1) is 6.92 Å². The highest BCUT2D eigenvalue weighted by Crippen LogP contribution is 2.22. The maximum absolute atomic E-state index is 12.2. The van der Waals surface area contributed by atoms with Crippen LogP contribution in [0.15, 0.2) is 53.4 Å².